The first-order valence-electron chi connectivity index (χ1n) is 7.96. The van der Waals surface area contributed by atoms with Gasteiger partial charge in [-0.2, -0.15) is 0 Å². The van der Waals surface area contributed by atoms with Gasteiger partial charge in [-0.1, -0.05) is 35.9 Å². The van der Waals surface area contributed by atoms with Crippen molar-refractivity contribution in [2.45, 2.75) is 18.7 Å². The number of benzene rings is 2. The Morgan fingerprint density at radius 2 is 1.85 bits per heavy atom. The van der Waals surface area contributed by atoms with E-state index in [1.165, 1.54) is 23.5 Å². The molecular formula is C19H18N2O3S2. The van der Waals surface area contributed by atoms with Gasteiger partial charge in [0.15, 0.2) is 15.0 Å². The normalized spacial score (nSPS) is 11.3. The van der Waals surface area contributed by atoms with Crippen LogP contribution in [0.4, 0.5) is 5.13 Å². The maximum Gasteiger partial charge on any atom is 0.241 e. The summed E-state index contributed by atoms with van der Waals surface area (Å²) in [5.74, 6) is -1.22. The van der Waals surface area contributed by atoms with Crippen LogP contribution in [0, 0.1) is 13.8 Å². The molecule has 1 heterocycles. The highest BCUT2D eigenvalue weighted by Crippen LogP contribution is 2.28. The lowest BCUT2D eigenvalue weighted by molar-refractivity contribution is -0.113. The van der Waals surface area contributed by atoms with E-state index in [1.54, 1.807) is 18.2 Å². The molecule has 7 heteroatoms. The Labute approximate surface area is 156 Å². The largest absolute Gasteiger partial charge is 0.301 e. The van der Waals surface area contributed by atoms with E-state index < -0.39 is 21.5 Å². The van der Waals surface area contributed by atoms with Crippen LogP contribution in [0.15, 0.2) is 58.8 Å². The average molecular weight is 386 g/mol. The van der Waals surface area contributed by atoms with Crippen molar-refractivity contribution >= 4 is 32.2 Å². The van der Waals surface area contributed by atoms with E-state index in [4.69, 9.17) is 0 Å². The summed E-state index contributed by atoms with van der Waals surface area (Å²) in [4.78, 5) is 16.7. The highest BCUT2D eigenvalue weighted by molar-refractivity contribution is 7.92. The van der Waals surface area contributed by atoms with Crippen molar-refractivity contribution in [1.29, 1.82) is 0 Å². The van der Waals surface area contributed by atoms with Crippen LogP contribution in [-0.2, 0) is 14.6 Å². The van der Waals surface area contributed by atoms with Gasteiger partial charge in [-0.25, -0.2) is 13.4 Å². The maximum absolute atomic E-state index is 12.3. The second-order valence-electron chi connectivity index (χ2n) is 5.98. The Hall–Kier alpha value is -2.51. The zero-order valence-electron chi connectivity index (χ0n) is 14.4. The molecule has 0 unspecified atom stereocenters. The fraction of sp³-hybridized carbons (Fsp3) is 0.158. The van der Waals surface area contributed by atoms with Crippen LogP contribution in [0.25, 0.3) is 11.3 Å². The number of rotatable bonds is 5. The molecule has 3 rings (SSSR count). The van der Waals surface area contributed by atoms with Gasteiger partial charge < -0.3 is 5.32 Å². The van der Waals surface area contributed by atoms with Gasteiger partial charge in [-0.15, -0.1) is 11.3 Å². The summed E-state index contributed by atoms with van der Waals surface area (Å²) in [5.41, 5.74) is 3.97. The minimum atomic E-state index is -3.67. The smallest absolute Gasteiger partial charge is 0.241 e. The Bertz CT molecular complexity index is 1040. The lowest BCUT2D eigenvalue weighted by Crippen LogP contribution is -2.22. The van der Waals surface area contributed by atoms with Crippen molar-refractivity contribution in [1.82, 2.24) is 4.98 Å². The van der Waals surface area contributed by atoms with E-state index in [1.807, 2.05) is 37.4 Å². The van der Waals surface area contributed by atoms with Crippen LogP contribution in [0.3, 0.4) is 0 Å². The number of anilines is 1. The molecule has 0 aliphatic carbocycles. The highest BCUT2D eigenvalue weighted by atomic mass is 32.2. The monoisotopic (exact) mass is 386 g/mol. The first kappa shape index (κ1) is 18.3. The van der Waals surface area contributed by atoms with Gasteiger partial charge in [0.05, 0.1) is 10.6 Å². The first-order chi connectivity index (χ1) is 12.3. The van der Waals surface area contributed by atoms with Crippen LogP contribution in [0.1, 0.15) is 11.1 Å². The number of nitrogens with zero attached hydrogens (tertiary/aromatic N) is 1. The lowest BCUT2D eigenvalue weighted by Gasteiger charge is -2.05. The third-order valence-corrected chi connectivity index (χ3v) is 6.23. The number of thiazole rings is 1. The second kappa shape index (κ2) is 7.39. The van der Waals surface area contributed by atoms with Gasteiger partial charge in [0, 0.05) is 10.9 Å². The Kier molecular flexibility index (Phi) is 5.20. The van der Waals surface area contributed by atoms with Crippen molar-refractivity contribution in [3.8, 4) is 11.3 Å². The van der Waals surface area contributed by atoms with Crippen LogP contribution in [-0.4, -0.2) is 25.1 Å². The number of nitrogens with one attached hydrogen (secondary N) is 1. The predicted molar refractivity (Wildman–Crippen MR) is 104 cm³/mol. The molecule has 0 radical (unpaired) electrons. The summed E-state index contributed by atoms with van der Waals surface area (Å²) in [6.45, 7) is 4.01. The fourth-order valence-electron chi connectivity index (χ4n) is 2.51. The third-order valence-electron chi connectivity index (χ3n) is 3.84. The number of aromatic nitrogens is 1. The zero-order chi connectivity index (χ0) is 18.7. The number of amides is 1. The van der Waals surface area contributed by atoms with Crippen molar-refractivity contribution < 1.29 is 13.2 Å². The summed E-state index contributed by atoms with van der Waals surface area (Å²) < 4.78 is 24.5. The zero-order valence-corrected chi connectivity index (χ0v) is 16.0. The number of hydrogen-bond acceptors (Lipinski definition) is 5. The first-order valence-corrected chi connectivity index (χ1v) is 10.5. The fourth-order valence-corrected chi connectivity index (χ4v) is 4.39. The van der Waals surface area contributed by atoms with Gasteiger partial charge in [-0.3, -0.25) is 4.79 Å². The molecule has 0 saturated heterocycles. The number of carbonyl (C=O) groups is 1. The number of sulfone groups is 1. The molecule has 0 aliphatic rings. The summed E-state index contributed by atoms with van der Waals surface area (Å²) >= 11 is 1.27. The van der Waals surface area contributed by atoms with Crippen LogP contribution < -0.4 is 5.32 Å². The molecule has 0 fully saturated rings. The molecule has 26 heavy (non-hydrogen) atoms. The standard InChI is InChI=1S/C19H18N2O3S2/c1-13-8-9-14(2)16(10-13)17-11-25-19(20-17)21-18(22)12-26(23,24)15-6-4-3-5-7-15/h3-11H,12H2,1-2H3,(H,20,21,22). The van der Waals surface area contributed by atoms with Gasteiger partial charge in [0.1, 0.15) is 5.75 Å². The summed E-state index contributed by atoms with van der Waals surface area (Å²) in [5, 5.41) is 4.82. The Morgan fingerprint density at radius 1 is 1.12 bits per heavy atom. The maximum atomic E-state index is 12.3. The van der Waals surface area contributed by atoms with Crippen molar-refractivity contribution in [3.05, 3.63) is 65.0 Å². The molecule has 0 bridgehead atoms. The average Bonchev–Trinajstić information content (AvgIpc) is 3.05. The predicted octanol–water partition coefficient (Wildman–Crippen LogP) is 3.84. The summed E-state index contributed by atoms with van der Waals surface area (Å²) in [7, 11) is -3.67. The SMILES string of the molecule is Cc1ccc(C)c(-c2csc(NC(=O)CS(=O)(=O)c3ccccc3)n2)c1. The minimum Gasteiger partial charge on any atom is -0.301 e. The third kappa shape index (κ3) is 4.17. The van der Waals surface area contributed by atoms with E-state index in [-0.39, 0.29) is 4.90 Å². The van der Waals surface area contributed by atoms with E-state index in [0.29, 0.717) is 5.13 Å². The van der Waals surface area contributed by atoms with Crippen LogP contribution >= 0.6 is 11.3 Å². The summed E-state index contributed by atoms with van der Waals surface area (Å²) in [6, 6.07) is 14.0. The number of hydrogen-bond donors (Lipinski definition) is 1. The van der Waals surface area contributed by atoms with Crippen LogP contribution in [0.2, 0.25) is 0 Å². The molecule has 2 aromatic carbocycles. The molecule has 1 N–H and O–H groups in total. The number of carbonyl (C=O) groups excluding carboxylic acids is 1. The van der Waals surface area contributed by atoms with Gasteiger partial charge in [-0.05, 0) is 37.6 Å². The van der Waals surface area contributed by atoms with Gasteiger partial charge in [0.25, 0.3) is 0 Å². The van der Waals surface area contributed by atoms with Crippen molar-refractivity contribution in [3.63, 3.8) is 0 Å². The van der Waals surface area contributed by atoms with E-state index in [2.05, 4.69) is 10.3 Å². The van der Waals surface area contributed by atoms with E-state index in [9.17, 15) is 13.2 Å². The quantitative estimate of drug-likeness (QED) is 0.723. The minimum absolute atomic E-state index is 0.130. The molecule has 134 valence electrons. The van der Waals surface area contributed by atoms with Crippen molar-refractivity contribution in [2.24, 2.45) is 0 Å². The van der Waals surface area contributed by atoms with Gasteiger partial charge >= 0.3 is 0 Å². The molecule has 0 saturated carbocycles. The second-order valence-corrected chi connectivity index (χ2v) is 8.82. The molecule has 1 amide bonds. The summed E-state index contributed by atoms with van der Waals surface area (Å²) in [6.07, 6.45) is 0. The molecule has 1 aromatic heterocycles. The topological polar surface area (TPSA) is 76.1 Å². The Balaban J connectivity index is 1.73. The van der Waals surface area contributed by atoms with Gasteiger partial charge in [0.2, 0.25) is 5.91 Å². The Morgan fingerprint density at radius 3 is 2.58 bits per heavy atom. The van der Waals surface area contributed by atoms with Crippen molar-refractivity contribution in [2.75, 3.05) is 11.1 Å². The van der Waals surface area contributed by atoms with Crippen LogP contribution in [0.5, 0.6) is 0 Å². The number of aryl methyl sites for hydroxylation is 2. The highest BCUT2D eigenvalue weighted by Gasteiger charge is 2.20. The molecule has 0 spiro atoms. The molecular weight excluding hydrogens is 368 g/mol. The molecule has 0 atom stereocenters. The van der Waals surface area contributed by atoms with E-state index >= 15 is 0 Å². The molecule has 0 aliphatic heterocycles. The molecule has 3 aromatic rings. The van der Waals surface area contributed by atoms with E-state index in [0.717, 1.165) is 22.4 Å². The lowest BCUT2D eigenvalue weighted by atomic mass is 10.0. The molecule has 5 nitrogen and oxygen atoms in total.